The summed E-state index contributed by atoms with van der Waals surface area (Å²) < 4.78 is 0. The van der Waals surface area contributed by atoms with Crippen LogP contribution in [0.5, 0.6) is 0 Å². The Labute approximate surface area is 118 Å². The standard InChI is InChI=1S/C14H28N2O.ClH/c1-4-5-11-6-8-12(9-7-11)16-14(17)13(15)10(2)3;/h10-13H,4-9,15H2,1-3H3,(H,16,17);1H/t11?,12?,13-;/m0./s1. The summed E-state index contributed by atoms with van der Waals surface area (Å²) >= 11 is 0. The van der Waals surface area contributed by atoms with Crippen LogP contribution in [-0.4, -0.2) is 18.0 Å². The Bertz CT molecular complexity index is 238. The van der Waals surface area contributed by atoms with Crippen molar-refractivity contribution in [3.63, 3.8) is 0 Å². The fourth-order valence-electron chi connectivity index (χ4n) is 2.60. The van der Waals surface area contributed by atoms with Crippen LogP contribution in [0.4, 0.5) is 0 Å². The minimum Gasteiger partial charge on any atom is -0.352 e. The second-order valence-electron chi connectivity index (χ2n) is 5.78. The molecule has 0 aliphatic heterocycles. The van der Waals surface area contributed by atoms with E-state index in [1.165, 1.54) is 25.7 Å². The van der Waals surface area contributed by atoms with E-state index in [0.29, 0.717) is 6.04 Å². The minimum atomic E-state index is -0.358. The molecule has 1 saturated carbocycles. The summed E-state index contributed by atoms with van der Waals surface area (Å²) in [5.41, 5.74) is 5.84. The molecule has 0 spiro atoms. The normalized spacial score (nSPS) is 25.4. The molecule has 0 aromatic heterocycles. The lowest BCUT2D eigenvalue weighted by Gasteiger charge is -2.30. The van der Waals surface area contributed by atoms with E-state index in [1.807, 2.05) is 13.8 Å². The van der Waals surface area contributed by atoms with Crippen LogP contribution in [0.25, 0.3) is 0 Å². The fraction of sp³-hybridized carbons (Fsp3) is 0.929. The summed E-state index contributed by atoms with van der Waals surface area (Å²) in [6, 6.07) is 0.00349. The van der Waals surface area contributed by atoms with Crippen molar-refractivity contribution in [1.82, 2.24) is 5.32 Å². The van der Waals surface area contributed by atoms with Crippen molar-refractivity contribution in [3.05, 3.63) is 0 Å². The molecule has 3 nitrogen and oxygen atoms in total. The summed E-state index contributed by atoms with van der Waals surface area (Å²) in [5, 5.41) is 3.10. The summed E-state index contributed by atoms with van der Waals surface area (Å²) in [6.45, 7) is 6.22. The predicted octanol–water partition coefficient (Wildman–Crippen LogP) is 2.87. The first kappa shape index (κ1) is 17.7. The molecule has 0 aromatic carbocycles. The highest BCUT2D eigenvalue weighted by molar-refractivity contribution is 5.85. The number of rotatable bonds is 5. The second kappa shape index (κ2) is 8.76. The summed E-state index contributed by atoms with van der Waals surface area (Å²) in [4.78, 5) is 11.8. The first-order valence-electron chi connectivity index (χ1n) is 7.10. The van der Waals surface area contributed by atoms with Crippen LogP contribution in [0.15, 0.2) is 0 Å². The van der Waals surface area contributed by atoms with Crippen LogP contribution < -0.4 is 11.1 Å². The van der Waals surface area contributed by atoms with Crippen molar-refractivity contribution >= 4 is 18.3 Å². The third-order valence-electron chi connectivity index (χ3n) is 3.91. The number of halogens is 1. The molecule has 0 radical (unpaired) electrons. The number of hydrogen-bond acceptors (Lipinski definition) is 2. The topological polar surface area (TPSA) is 55.1 Å². The number of amides is 1. The molecule has 0 bridgehead atoms. The van der Waals surface area contributed by atoms with E-state index in [9.17, 15) is 4.79 Å². The molecule has 1 rings (SSSR count). The number of nitrogens with two attached hydrogens (primary N) is 1. The second-order valence-corrected chi connectivity index (χ2v) is 5.78. The SMILES string of the molecule is CCCC1CCC(NC(=O)[C@@H](N)C(C)C)CC1.Cl. The third-order valence-corrected chi connectivity index (χ3v) is 3.91. The molecular weight excluding hydrogens is 248 g/mol. The Morgan fingerprint density at radius 2 is 1.83 bits per heavy atom. The van der Waals surface area contributed by atoms with Gasteiger partial charge in [-0.2, -0.15) is 0 Å². The summed E-state index contributed by atoms with van der Waals surface area (Å²) in [6.07, 6.45) is 7.39. The molecule has 18 heavy (non-hydrogen) atoms. The third kappa shape index (κ3) is 5.57. The van der Waals surface area contributed by atoms with Crippen molar-refractivity contribution in [2.75, 3.05) is 0 Å². The molecule has 0 unspecified atom stereocenters. The molecule has 4 heteroatoms. The molecule has 0 aromatic rings. The molecule has 3 N–H and O–H groups in total. The Morgan fingerprint density at radius 1 is 1.28 bits per heavy atom. The van der Waals surface area contributed by atoms with E-state index in [0.717, 1.165) is 18.8 Å². The Hall–Kier alpha value is -0.280. The lowest BCUT2D eigenvalue weighted by molar-refractivity contribution is -0.124. The smallest absolute Gasteiger partial charge is 0.237 e. The van der Waals surface area contributed by atoms with Crippen molar-refractivity contribution < 1.29 is 4.79 Å². The largest absolute Gasteiger partial charge is 0.352 e. The van der Waals surface area contributed by atoms with Crippen molar-refractivity contribution in [2.24, 2.45) is 17.6 Å². The molecule has 0 saturated heterocycles. The highest BCUT2D eigenvalue weighted by Gasteiger charge is 2.24. The van der Waals surface area contributed by atoms with Gasteiger partial charge in [0.2, 0.25) is 5.91 Å². The van der Waals surface area contributed by atoms with Gasteiger partial charge in [-0.05, 0) is 37.5 Å². The highest BCUT2D eigenvalue weighted by atomic mass is 35.5. The van der Waals surface area contributed by atoms with Gasteiger partial charge in [0.05, 0.1) is 6.04 Å². The zero-order valence-electron chi connectivity index (χ0n) is 11.9. The first-order valence-corrected chi connectivity index (χ1v) is 7.10. The van der Waals surface area contributed by atoms with Crippen LogP contribution >= 0.6 is 12.4 Å². The van der Waals surface area contributed by atoms with Crippen LogP contribution in [0.2, 0.25) is 0 Å². The Morgan fingerprint density at radius 3 is 2.28 bits per heavy atom. The average Bonchev–Trinajstić information content (AvgIpc) is 2.30. The number of carbonyl (C=O) groups is 1. The van der Waals surface area contributed by atoms with E-state index in [2.05, 4.69) is 12.2 Å². The van der Waals surface area contributed by atoms with Gasteiger partial charge in [-0.3, -0.25) is 4.79 Å². The van der Waals surface area contributed by atoms with Gasteiger partial charge in [-0.1, -0.05) is 33.6 Å². The predicted molar refractivity (Wildman–Crippen MR) is 78.9 cm³/mol. The molecule has 1 aliphatic carbocycles. The highest BCUT2D eigenvalue weighted by Crippen LogP contribution is 2.27. The molecule has 1 amide bonds. The van der Waals surface area contributed by atoms with Gasteiger partial charge in [0, 0.05) is 6.04 Å². The van der Waals surface area contributed by atoms with Gasteiger partial charge in [-0.15, -0.1) is 12.4 Å². The van der Waals surface area contributed by atoms with Crippen molar-refractivity contribution in [1.29, 1.82) is 0 Å². The Kier molecular flexibility index (Phi) is 8.62. The molecule has 108 valence electrons. The van der Waals surface area contributed by atoms with Crippen LogP contribution in [0, 0.1) is 11.8 Å². The zero-order chi connectivity index (χ0) is 12.8. The molecule has 1 atom stereocenters. The van der Waals surface area contributed by atoms with E-state index in [-0.39, 0.29) is 30.3 Å². The van der Waals surface area contributed by atoms with Gasteiger partial charge in [-0.25, -0.2) is 0 Å². The molecule has 0 heterocycles. The maximum atomic E-state index is 11.8. The monoisotopic (exact) mass is 276 g/mol. The van der Waals surface area contributed by atoms with Crippen LogP contribution in [0.1, 0.15) is 59.3 Å². The maximum Gasteiger partial charge on any atom is 0.237 e. The lowest BCUT2D eigenvalue weighted by Crippen LogP contribution is -2.48. The van der Waals surface area contributed by atoms with Crippen LogP contribution in [0.3, 0.4) is 0 Å². The maximum absolute atomic E-state index is 11.8. The Balaban J connectivity index is 0.00000289. The number of carbonyl (C=O) groups excluding carboxylic acids is 1. The van der Waals surface area contributed by atoms with E-state index < -0.39 is 0 Å². The molecular formula is C14H29ClN2O. The average molecular weight is 277 g/mol. The van der Waals surface area contributed by atoms with E-state index in [4.69, 9.17) is 5.73 Å². The summed E-state index contributed by atoms with van der Waals surface area (Å²) in [5.74, 6) is 1.12. The first-order chi connectivity index (χ1) is 8.04. The van der Waals surface area contributed by atoms with Gasteiger partial charge < -0.3 is 11.1 Å². The number of nitrogens with one attached hydrogen (secondary N) is 1. The van der Waals surface area contributed by atoms with Crippen molar-refractivity contribution in [3.8, 4) is 0 Å². The van der Waals surface area contributed by atoms with E-state index >= 15 is 0 Å². The molecule has 1 aliphatic rings. The van der Waals surface area contributed by atoms with Gasteiger partial charge in [0.1, 0.15) is 0 Å². The summed E-state index contributed by atoms with van der Waals surface area (Å²) in [7, 11) is 0. The van der Waals surface area contributed by atoms with Gasteiger partial charge >= 0.3 is 0 Å². The van der Waals surface area contributed by atoms with Crippen molar-refractivity contribution in [2.45, 2.75) is 71.4 Å². The number of hydrogen-bond donors (Lipinski definition) is 2. The quantitative estimate of drug-likeness (QED) is 0.811. The van der Waals surface area contributed by atoms with Crippen LogP contribution in [-0.2, 0) is 4.79 Å². The van der Waals surface area contributed by atoms with Gasteiger partial charge in [0.25, 0.3) is 0 Å². The fourth-order valence-corrected chi connectivity index (χ4v) is 2.60. The van der Waals surface area contributed by atoms with E-state index in [1.54, 1.807) is 0 Å². The molecule has 1 fully saturated rings. The lowest BCUT2D eigenvalue weighted by atomic mass is 9.83. The van der Waals surface area contributed by atoms with Gasteiger partial charge in [0.15, 0.2) is 0 Å². The minimum absolute atomic E-state index is 0. The zero-order valence-corrected chi connectivity index (χ0v) is 12.8.